The highest BCUT2D eigenvalue weighted by Gasteiger charge is 2.03. The average molecular weight is 225 g/mol. The van der Waals surface area contributed by atoms with Crippen LogP contribution in [0.3, 0.4) is 0 Å². The van der Waals surface area contributed by atoms with Gasteiger partial charge in [-0.1, -0.05) is 0 Å². The van der Waals surface area contributed by atoms with Crippen molar-refractivity contribution in [1.29, 1.82) is 0 Å². The lowest BCUT2D eigenvalue weighted by Crippen LogP contribution is -2.18. The molecule has 0 amide bonds. The lowest BCUT2D eigenvalue weighted by molar-refractivity contribution is 0.283. The first-order chi connectivity index (χ1) is 7.75. The van der Waals surface area contributed by atoms with Crippen LogP contribution in [0.4, 0.5) is 0 Å². The van der Waals surface area contributed by atoms with E-state index in [4.69, 9.17) is 5.11 Å². The second kappa shape index (κ2) is 7.41. The van der Waals surface area contributed by atoms with Crippen LogP contribution < -0.4 is 5.32 Å². The second-order valence-corrected chi connectivity index (χ2v) is 4.35. The van der Waals surface area contributed by atoms with Crippen LogP contribution in [0.1, 0.15) is 44.8 Å². The predicted molar refractivity (Wildman–Crippen MR) is 65.3 cm³/mol. The molecule has 4 nitrogen and oxygen atoms in total. The van der Waals surface area contributed by atoms with Crippen molar-refractivity contribution in [2.75, 3.05) is 13.2 Å². The van der Waals surface area contributed by atoms with Crippen molar-refractivity contribution in [1.82, 2.24) is 14.9 Å². The molecule has 4 heteroatoms. The van der Waals surface area contributed by atoms with Crippen molar-refractivity contribution in [2.45, 2.75) is 45.7 Å². The third-order valence-corrected chi connectivity index (χ3v) is 2.62. The lowest BCUT2D eigenvalue weighted by atomic mass is 10.2. The zero-order valence-electron chi connectivity index (χ0n) is 10.3. The van der Waals surface area contributed by atoms with Gasteiger partial charge in [0.2, 0.25) is 0 Å². The Bertz CT molecular complexity index is 284. The minimum atomic E-state index is 0.306. The fourth-order valence-corrected chi connectivity index (χ4v) is 1.69. The van der Waals surface area contributed by atoms with Gasteiger partial charge in [-0.2, -0.15) is 0 Å². The summed E-state index contributed by atoms with van der Waals surface area (Å²) in [6, 6.07) is 0.466. The maximum absolute atomic E-state index is 8.64. The second-order valence-electron chi connectivity index (χ2n) is 4.35. The van der Waals surface area contributed by atoms with Crippen LogP contribution in [0.2, 0.25) is 0 Å². The Morgan fingerprint density at radius 3 is 2.88 bits per heavy atom. The number of hydrogen-bond acceptors (Lipinski definition) is 3. The van der Waals surface area contributed by atoms with Crippen molar-refractivity contribution in [2.24, 2.45) is 0 Å². The first-order valence-electron chi connectivity index (χ1n) is 6.08. The number of aliphatic hydroxyl groups is 1. The molecular formula is C12H23N3O. The largest absolute Gasteiger partial charge is 0.396 e. The molecule has 1 aromatic heterocycles. The molecule has 1 heterocycles. The minimum absolute atomic E-state index is 0.306. The Balaban J connectivity index is 2.19. The van der Waals surface area contributed by atoms with E-state index in [9.17, 15) is 0 Å². The summed E-state index contributed by atoms with van der Waals surface area (Å²) in [4.78, 5) is 4.16. The van der Waals surface area contributed by atoms with E-state index in [0.717, 1.165) is 32.4 Å². The quantitative estimate of drug-likeness (QED) is 0.662. The van der Waals surface area contributed by atoms with Crippen LogP contribution >= 0.6 is 0 Å². The van der Waals surface area contributed by atoms with Crippen molar-refractivity contribution in [3.63, 3.8) is 0 Å². The number of rotatable bonds is 8. The zero-order valence-corrected chi connectivity index (χ0v) is 10.3. The molecule has 0 aliphatic heterocycles. The number of aliphatic hydroxyl groups excluding tert-OH is 1. The highest BCUT2D eigenvalue weighted by atomic mass is 16.2. The normalized spacial score (nSPS) is 11.2. The van der Waals surface area contributed by atoms with E-state index < -0.39 is 0 Å². The SMILES string of the molecule is CC(C)n1cncc1CNCCCCCO. The Labute approximate surface area is 97.7 Å². The summed E-state index contributed by atoms with van der Waals surface area (Å²) in [5.41, 5.74) is 1.23. The summed E-state index contributed by atoms with van der Waals surface area (Å²) in [6.45, 7) is 6.50. The van der Waals surface area contributed by atoms with Crippen LogP contribution in [0, 0.1) is 0 Å². The zero-order chi connectivity index (χ0) is 11.8. The molecule has 0 aliphatic carbocycles. The van der Waals surface area contributed by atoms with Gasteiger partial charge in [0, 0.05) is 25.4 Å². The molecule has 0 radical (unpaired) electrons. The number of aromatic nitrogens is 2. The monoisotopic (exact) mass is 225 g/mol. The van der Waals surface area contributed by atoms with E-state index in [0.29, 0.717) is 12.6 Å². The summed E-state index contributed by atoms with van der Waals surface area (Å²) in [5.74, 6) is 0. The van der Waals surface area contributed by atoms with Gasteiger partial charge >= 0.3 is 0 Å². The number of hydrogen-bond donors (Lipinski definition) is 2. The van der Waals surface area contributed by atoms with Gasteiger partial charge in [0.05, 0.1) is 12.0 Å². The first kappa shape index (κ1) is 13.2. The van der Waals surface area contributed by atoms with Crippen molar-refractivity contribution in [3.8, 4) is 0 Å². The van der Waals surface area contributed by atoms with E-state index in [1.54, 1.807) is 0 Å². The molecule has 92 valence electrons. The molecule has 2 N–H and O–H groups in total. The van der Waals surface area contributed by atoms with E-state index in [-0.39, 0.29) is 0 Å². The Morgan fingerprint density at radius 2 is 2.19 bits per heavy atom. The van der Waals surface area contributed by atoms with Gasteiger partial charge in [0.25, 0.3) is 0 Å². The van der Waals surface area contributed by atoms with Gasteiger partial charge in [-0.15, -0.1) is 0 Å². The maximum atomic E-state index is 8.64. The molecule has 0 aliphatic rings. The summed E-state index contributed by atoms with van der Waals surface area (Å²) in [7, 11) is 0. The Kier molecular flexibility index (Phi) is 6.11. The van der Waals surface area contributed by atoms with Gasteiger partial charge in [-0.05, 0) is 39.7 Å². The number of nitrogens with zero attached hydrogens (tertiary/aromatic N) is 2. The average Bonchev–Trinajstić information content (AvgIpc) is 2.71. The number of imidazole rings is 1. The third-order valence-electron chi connectivity index (χ3n) is 2.62. The molecule has 0 saturated carbocycles. The van der Waals surface area contributed by atoms with Crippen molar-refractivity contribution >= 4 is 0 Å². The fraction of sp³-hybridized carbons (Fsp3) is 0.750. The van der Waals surface area contributed by atoms with Gasteiger partial charge < -0.3 is 15.0 Å². The molecule has 0 spiro atoms. The molecule has 0 unspecified atom stereocenters. The molecule has 0 saturated heterocycles. The van der Waals surface area contributed by atoms with Gasteiger partial charge in [0.15, 0.2) is 0 Å². The molecule has 0 bridgehead atoms. The van der Waals surface area contributed by atoms with E-state index in [1.807, 2.05) is 12.5 Å². The fourth-order valence-electron chi connectivity index (χ4n) is 1.69. The van der Waals surface area contributed by atoms with Gasteiger partial charge in [-0.25, -0.2) is 4.98 Å². The molecule has 0 fully saturated rings. The summed E-state index contributed by atoms with van der Waals surface area (Å²) in [6.07, 6.45) is 6.92. The maximum Gasteiger partial charge on any atom is 0.0951 e. The number of unbranched alkanes of at least 4 members (excludes halogenated alkanes) is 2. The molecule has 1 rings (SSSR count). The standard InChI is InChI=1S/C12H23N3O/c1-11(2)15-10-14-9-12(15)8-13-6-4-3-5-7-16/h9-11,13,16H,3-8H2,1-2H3. The Morgan fingerprint density at radius 1 is 1.38 bits per heavy atom. The van der Waals surface area contributed by atoms with Crippen LogP contribution in [0.25, 0.3) is 0 Å². The van der Waals surface area contributed by atoms with E-state index in [2.05, 4.69) is 28.7 Å². The molecule has 16 heavy (non-hydrogen) atoms. The first-order valence-corrected chi connectivity index (χ1v) is 6.08. The summed E-state index contributed by atoms with van der Waals surface area (Å²) >= 11 is 0. The summed E-state index contributed by atoms with van der Waals surface area (Å²) in [5, 5.41) is 12.0. The van der Waals surface area contributed by atoms with Crippen LogP contribution in [-0.4, -0.2) is 27.8 Å². The molecule has 0 atom stereocenters. The van der Waals surface area contributed by atoms with Crippen molar-refractivity contribution < 1.29 is 5.11 Å². The van der Waals surface area contributed by atoms with Gasteiger partial charge in [-0.3, -0.25) is 0 Å². The van der Waals surface area contributed by atoms with Crippen LogP contribution in [0.15, 0.2) is 12.5 Å². The van der Waals surface area contributed by atoms with Crippen molar-refractivity contribution in [3.05, 3.63) is 18.2 Å². The highest BCUT2D eigenvalue weighted by molar-refractivity contribution is 4.99. The minimum Gasteiger partial charge on any atom is -0.396 e. The Hall–Kier alpha value is -0.870. The van der Waals surface area contributed by atoms with E-state index in [1.165, 1.54) is 5.69 Å². The van der Waals surface area contributed by atoms with Crippen LogP contribution in [0.5, 0.6) is 0 Å². The third kappa shape index (κ3) is 4.33. The number of nitrogens with one attached hydrogen (secondary N) is 1. The molecular weight excluding hydrogens is 202 g/mol. The highest BCUT2D eigenvalue weighted by Crippen LogP contribution is 2.08. The predicted octanol–water partition coefficient (Wildman–Crippen LogP) is 1.72. The smallest absolute Gasteiger partial charge is 0.0951 e. The van der Waals surface area contributed by atoms with Crippen LogP contribution in [-0.2, 0) is 6.54 Å². The lowest BCUT2D eigenvalue weighted by Gasteiger charge is -2.12. The summed E-state index contributed by atoms with van der Waals surface area (Å²) < 4.78 is 2.18. The van der Waals surface area contributed by atoms with Gasteiger partial charge in [0.1, 0.15) is 0 Å². The molecule has 0 aromatic carbocycles. The van der Waals surface area contributed by atoms with E-state index >= 15 is 0 Å². The molecule has 1 aromatic rings. The topological polar surface area (TPSA) is 50.1 Å².